The van der Waals surface area contributed by atoms with Crippen LogP contribution in [-0.4, -0.2) is 24.8 Å². The van der Waals surface area contributed by atoms with Crippen LogP contribution in [0.5, 0.6) is 0 Å². The van der Waals surface area contributed by atoms with Crippen molar-refractivity contribution < 1.29 is 14.3 Å². The molecular weight excluding hydrogens is 252 g/mol. The van der Waals surface area contributed by atoms with Gasteiger partial charge in [0.1, 0.15) is 0 Å². The van der Waals surface area contributed by atoms with Crippen LogP contribution >= 0.6 is 0 Å². The van der Waals surface area contributed by atoms with Crippen molar-refractivity contribution in [1.82, 2.24) is 0 Å². The zero-order valence-corrected chi connectivity index (χ0v) is 12.9. The van der Waals surface area contributed by atoms with Gasteiger partial charge in [-0.05, 0) is 19.8 Å². The molecule has 0 saturated heterocycles. The van der Waals surface area contributed by atoms with Crippen LogP contribution in [0.2, 0.25) is 0 Å². The van der Waals surface area contributed by atoms with E-state index >= 15 is 0 Å². The molecule has 20 heavy (non-hydrogen) atoms. The highest BCUT2D eigenvalue weighted by Crippen LogP contribution is 2.21. The van der Waals surface area contributed by atoms with E-state index in [4.69, 9.17) is 9.47 Å². The highest BCUT2D eigenvalue weighted by molar-refractivity contribution is 6.01. The van der Waals surface area contributed by atoms with Gasteiger partial charge in [-0.25, -0.2) is 0 Å². The summed E-state index contributed by atoms with van der Waals surface area (Å²) in [5.41, 5.74) is 0.628. The van der Waals surface area contributed by atoms with Crippen molar-refractivity contribution in [3.63, 3.8) is 0 Å². The number of hydrogen-bond donors (Lipinski definition) is 0. The lowest BCUT2D eigenvalue weighted by Gasteiger charge is -2.28. The Morgan fingerprint density at radius 2 is 1.50 bits per heavy atom. The number of rotatable bonds is 10. The predicted molar refractivity (Wildman–Crippen MR) is 80.9 cm³/mol. The standard InChI is InChI=1S/C17H26O3/c1-4-6-13-19-17(3,20-14-7-5-2)16(18)15-11-9-8-10-12-15/h8-12H,4-7,13-14H2,1-3H3. The number of carbonyl (C=O) groups is 1. The Labute approximate surface area is 122 Å². The predicted octanol–water partition coefficient (Wildman–Crippen LogP) is 4.22. The lowest BCUT2D eigenvalue weighted by Crippen LogP contribution is -2.42. The topological polar surface area (TPSA) is 35.5 Å². The number of hydrogen-bond acceptors (Lipinski definition) is 3. The summed E-state index contributed by atoms with van der Waals surface area (Å²) in [6.07, 6.45) is 3.92. The van der Waals surface area contributed by atoms with Crippen LogP contribution in [0.15, 0.2) is 30.3 Å². The Bertz CT molecular complexity index is 376. The van der Waals surface area contributed by atoms with Crippen LogP contribution in [0.4, 0.5) is 0 Å². The molecule has 1 aromatic carbocycles. The van der Waals surface area contributed by atoms with E-state index in [1.54, 1.807) is 19.1 Å². The van der Waals surface area contributed by atoms with Gasteiger partial charge in [-0.1, -0.05) is 57.0 Å². The van der Waals surface area contributed by atoms with Gasteiger partial charge in [-0.15, -0.1) is 0 Å². The van der Waals surface area contributed by atoms with Gasteiger partial charge in [0.2, 0.25) is 11.6 Å². The lowest BCUT2D eigenvalue weighted by molar-refractivity contribution is -0.191. The molecule has 0 saturated carbocycles. The van der Waals surface area contributed by atoms with Crippen LogP contribution in [0.3, 0.4) is 0 Å². The number of Topliss-reactive ketones (excluding diaryl/α,β-unsaturated/α-hetero) is 1. The molecule has 3 heteroatoms. The third-order valence-corrected chi connectivity index (χ3v) is 3.20. The Morgan fingerprint density at radius 3 is 1.95 bits per heavy atom. The zero-order chi connectivity index (χ0) is 14.8. The van der Waals surface area contributed by atoms with E-state index in [0.29, 0.717) is 18.8 Å². The average molecular weight is 278 g/mol. The van der Waals surface area contributed by atoms with Crippen molar-refractivity contribution in [2.45, 2.75) is 52.2 Å². The van der Waals surface area contributed by atoms with Gasteiger partial charge in [-0.2, -0.15) is 0 Å². The van der Waals surface area contributed by atoms with Crippen LogP contribution in [0.1, 0.15) is 56.8 Å². The molecule has 1 aromatic rings. The molecule has 0 amide bonds. The molecule has 0 spiro atoms. The maximum absolute atomic E-state index is 12.6. The SMILES string of the molecule is CCCCOC(C)(OCCCC)C(=O)c1ccccc1. The molecule has 0 heterocycles. The molecule has 0 bridgehead atoms. The second kappa shape index (κ2) is 8.88. The first-order valence-electron chi connectivity index (χ1n) is 7.51. The van der Waals surface area contributed by atoms with Crippen molar-refractivity contribution in [1.29, 1.82) is 0 Å². The largest absolute Gasteiger partial charge is 0.344 e. The third kappa shape index (κ3) is 5.06. The van der Waals surface area contributed by atoms with Gasteiger partial charge < -0.3 is 9.47 Å². The summed E-state index contributed by atoms with van der Waals surface area (Å²) >= 11 is 0. The minimum Gasteiger partial charge on any atom is -0.344 e. The fourth-order valence-corrected chi connectivity index (χ4v) is 1.85. The van der Waals surface area contributed by atoms with Gasteiger partial charge in [0.15, 0.2) is 0 Å². The molecule has 0 aliphatic heterocycles. The molecule has 0 radical (unpaired) electrons. The number of ketones is 1. The zero-order valence-electron chi connectivity index (χ0n) is 12.9. The lowest BCUT2D eigenvalue weighted by atomic mass is 10.0. The maximum Gasteiger partial charge on any atom is 0.230 e. The van der Waals surface area contributed by atoms with Gasteiger partial charge in [0, 0.05) is 5.56 Å². The quantitative estimate of drug-likeness (QED) is 0.365. The van der Waals surface area contributed by atoms with Gasteiger partial charge >= 0.3 is 0 Å². The van der Waals surface area contributed by atoms with E-state index in [1.165, 1.54) is 0 Å². The number of unbranched alkanes of at least 4 members (excludes halogenated alkanes) is 2. The van der Waals surface area contributed by atoms with E-state index in [-0.39, 0.29) is 5.78 Å². The van der Waals surface area contributed by atoms with Crippen LogP contribution in [-0.2, 0) is 9.47 Å². The van der Waals surface area contributed by atoms with Gasteiger partial charge in [0.05, 0.1) is 13.2 Å². The summed E-state index contributed by atoms with van der Waals surface area (Å²) in [5, 5.41) is 0. The smallest absolute Gasteiger partial charge is 0.230 e. The van der Waals surface area contributed by atoms with E-state index in [2.05, 4.69) is 13.8 Å². The molecule has 0 unspecified atom stereocenters. The fourth-order valence-electron chi connectivity index (χ4n) is 1.85. The third-order valence-electron chi connectivity index (χ3n) is 3.20. The highest BCUT2D eigenvalue weighted by atomic mass is 16.7. The average Bonchev–Trinajstić information content (AvgIpc) is 2.48. The molecule has 0 aliphatic carbocycles. The van der Waals surface area contributed by atoms with E-state index < -0.39 is 5.79 Å². The second-order valence-corrected chi connectivity index (χ2v) is 5.04. The molecule has 0 aliphatic rings. The molecule has 1 rings (SSSR count). The molecule has 0 atom stereocenters. The van der Waals surface area contributed by atoms with Crippen LogP contribution < -0.4 is 0 Å². The Balaban J connectivity index is 2.76. The van der Waals surface area contributed by atoms with E-state index in [0.717, 1.165) is 25.7 Å². The molecule has 0 aromatic heterocycles. The van der Waals surface area contributed by atoms with E-state index in [9.17, 15) is 4.79 Å². The first kappa shape index (κ1) is 16.9. The highest BCUT2D eigenvalue weighted by Gasteiger charge is 2.35. The van der Waals surface area contributed by atoms with Gasteiger partial charge in [-0.3, -0.25) is 4.79 Å². The van der Waals surface area contributed by atoms with Crippen molar-refractivity contribution >= 4 is 5.78 Å². The first-order valence-corrected chi connectivity index (χ1v) is 7.51. The summed E-state index contributed by atoms with van der Waals surface area (Å²) in [4.78, 5) is 12.6. The summed E-state index contributed by atoms with van der Waals surface area (Å²) < 4.78 is 11.5. The van der Waals surface area contributed by atoms with Crippen LogP contribution in [0, 0.1) is 0 Å². The molecule has 0 N–H and O–H groups in total. The summed E-state index contributed by atoms with van der Waals surface area (Å²) in [7, 11) is 0. The molecular formula is C17H26O3. The van der Waals surface area contributed by atoms with Crippen molar-refractivity contribution in [3.8, 4) is 0 Å². The van der Waals surface area contributed by atoms with Crippen molar-refractivity contribution in [2.24, 2.45) is 0 Å². The maximum atomic E-state index is 12.6. The van der Waals surface area contributed by atoms with Crippen molar-refractivity contribution in [3.05, 3.63) is 35.9 Å². The van der Waals surface area contributed by atoms with Gasteiger partial charge in [0.25, 0.3) is 0 Å². The normalized spacial score (nSPS) is 11.6. The summed E-state index contributed by atoms with van der Waals surface area (Å²) in [6.45, 7) is 7.00. The Morgan fingerprint density at radius 1 is 1.00 bits per heavy atom. The Hall–Kier alpha value is -1.19. The fraction of sp³-hybridized carbons (Fsp3) is 0.588. The monoisotopic (exact) mass is 278 g/mol. The molecule has 112 valence electrons. The minimum absolute atomic E-state index is 0.106. The number of benzene rings is 1. The van der Waals surface area contributed by atoms with Crippen LogP contribution in [0.25, 0.3) is 0 Å². The second-order valence-electron chi connectivity index (χ2n) is 5.04. The number of ether oxygens (including phenoxy) is 2. The van der Waals surface area contributed by atoms with Crippen molar-refractivity contribution in [2.75, 3.05) is 13.2 Å². The number of carbonyl (C=O) groups excluding carboxylic acids is 1. The Kier molecular flexibility index (Phi) is 7.48. The summed E-state index contributed by atoms with van der Waals surface area (Å²) in [5.74, 6) is -1.28. The first-order chi connectivity index (χ1) is 9.64. The van der Waals surface area contributed by atoms with E-state index in [1.807, 2.05) is 18.2 Å². The molecule has 3 nitrogen and oxygen atoms in total. The molecule has 0 fully saturated rings. The summed E-state index contributed by atoms with van der Waals surface area (Å²) in [6, 6.07) is 9.20. The minimum atomic E-state index is -1.17.